The highest BCUT2D eigenvalue weighted by Crippen LogP contribution is 2.35. The Morgan fingerprint density at radius 1 is 1.24 bits per heavy atom. The molecule has 5 rings (SSSR count). The molecule has 3 amide bonds. The van der Waals surface area contributed by atoms with E-state index in [1.54, 1.807) is 30.1 Å². The molecule has 33 heavy (non-hydrogen) atoms. The first-order valence-electron chi connectivity index (χ1n) is 10.7. The fourth-order valence-electron chi connectivity index (χ4n) is 4.24. The lowest BCUT2D eigenvalue weighted by molar-refractivity contribution is -0.120. The van der Waals surface area contributed by atoms with E-state index in [0.29, 0.717) is 35.2 Å². The molecule has 0 saturated carbocycles. The molecule has 2 aliphatic rings. The van der Waals surface area contributed by atoms with Crippen molar-refractivity contribution in [3.63, 3.8) is 0 Å². The largest absolute Gasteiger partial charge is 0.482 e. The second kappa shape index (κ2) is 8.74. The summed E-state index contributed by atoms with van der Waals surface area (Å²) in [7, 11) is 1.69. The minimum absolute atomic E-state index is 0.0152. The summed E-state index contributed by atoms with van der Waals surface area (Å²) in [5, 5.41) is 8.02. The topological polar surface area (TPSA) is 92.6 Å². The van der Waals surface area contributed by atoms with E-state index < -0.39 is 0 Å². The Morgan fingerprint density at radius 2 is 2.06 bits per heavy atom. The molecule has 1 fully saturated rings. The van der Waals surface area contributed by atoms with E-state index in [-0.39, 0.29) is 24.6 Å². The summed E-state index contributed by atoms with van der Waals surface area (Å²) in [6.45, 7) is 1.18. The molecule has 2 aliphatic heterocycles. The number of aromatic nitrogens is 3. The molecule has 2 aromatic carbocycles. The van der Waals surface area contributed by atoms with Gasteiger partial charge in [0.1, 0.15) is 17.9 Å². The van der Waals surface area contributed by atoms with Crippen LogP contribution in [0.1, 0.15) is 30.3 Å². The van der Waals surface area contributed by atoms with Gasteiger partial charge in [-0.15, -0.1) is 0 Å². The number of nitrogens with one attached hydrogen (secondary N) is 1. The molecular formula is C23H23ClN6O3. The maximum absolute atomic E-state index is 13.2. The van der Waals surface area contributed by atoms with Crippen LogP contribution in [-0.2, 0) is 11.3 Å². The van der Waals surface area contributed by atoms with Gasteiger partial charge in [0.25, 0.3) is 5.91 Å². The SMILES string of the molecule is CN1C(=O)COc2ccc(NC(=O)N3CCCC3c3ncnn3Cc3ccc(Cl)cc3)cc21. The van der Waals surface area contributed by atoms with Crippen LogP contribution in [0, 0.1) is 0 Å². The number of rotatable bonds is 4. The van der Waals surface area contributed by atoms with Crippen molar-refractivity contribution in [3.05, 3.63) is 65.2 Å². The summed E-state index contributed by atoms with van der Waals surface area (Å²) in [5.74, 6) is 1.23. The molecule has 0 bridgehead atoms. The number of nitrogens with zero attached hydrogens (tertiary/aromatic N) is 5. The summed E-state index contributed by atoms with van der Waals surface area (Å²) in [6.07, 6.45) is 3.21. The monoisotopic (exact) mass is 466 g/mol. The lowest BCUT2D eigenvalue weighted by Gasteiger charge is -2.27. The molecule has 1 N–H and O–H groups in total. The Bertz CT molecular complexity index is 1200. The first kappa shape index (κ1) is 21.3. The molecule has 1 aromatic heterocycles. The predicted octanol–water partition coefficient (Wildman–Crippen LogP) is 3.70. The normalized spacial score (nSPS) is 17.6. The Morgan fingerprint density at radius 3 is 2.88 bits per heavy atom. The number of likely N-dealkylation sites (tertiary alicyclic amines) is 1. The zero-order chi connectivity index (χ0) is 22.9. The minimum atomic E-state index is -0.218. The zero-order valence-corrected chi connectivity index (χ0v) is 18.8. The molecule has 1 saturated heterocycles. The Labute approximate surface area is 195 Å². The highest BCUT2D eigenvalue weighted by Gasteiger charge is 2.33. The van der Waals surface area contributed by atoms with Gasteiger partial charge in [-0.05, 0) is 48.7 Å². The number of carbonyl (C=O) groups is 2. The van der Waals surface area contributed by atoms with Crippen molar-refractivity contribution in [3.8, 4) is 5.75 Å². The Balaban J connectivity index is 1.33. The van der Waals surface area contributed by atoms with E-state index >= 15 is 0 Å². The maximum Gasteiger partial charge on any atom is 0.322 e. The number of amides is 3. The quantitative estimate of drug-likeness (QED) is 0.632. The third kappa shape index (κ3) is 4.23. The average molecular weight is 467 g/mol. The van der Waals surface area contributed by atoms with Gasteiger partial charge in [-0.25, -0.2) is 14.5 Å². The zero-order valence-electron chi connectivity index (χ0n) is 18.1. The summed E-state index contributed by atoms with van der Waals surface area (Å²) >= 11 is 5.99. The van der Waals surface area contributed by atoms with E-state index in [0.717, 1.165) is 24.2 Å². The molecule has 0 aliphatic carbocycles. The maximum atomic E-state index is 13.2. The van der Waals surface area contributed by atoms with Crippen LogP contribution in [0.25, 0.3) is 0 Å². The van der Waals surface area contributed by atoms with Gasteiger partial charge in [0, 0.05) is 24.3 Å². The van der Waals surface area contributed by atoms with Gasteiger partial charge in [0.2, 0.25) is 0 Å². The van der Waals surface area contributed by atoms with E-state index in [4.69, 9.17) is 16.3 Å². The number of ether oxygens (including phenoxy) is 1. The molecule has 9 nitrogen and oxygen atoms in total. The number of likely N-dealkylation sites (N-methyl/N-ethyl adjacent to an activating group) is 1. The molecule has 3 heterocycles. The van der Waals surface area contributed by atoms with E-state index in [1.165, 1.54) is 11.2 Å². The standard InChI is InChI=1S/C23H23ClN6O3/c1-28-19-11-17(8-9-20(19)33-13-21(28)31)27-23(32)29-10-2-3-18(29)22-25-14-26-30(22)12-15-4-6-16(24)7-5-15/h4-9,11,14,18H,2-3,10,12-13H2,1H3,(H,27,32). The van der Waals surface area contributed by atoms with Gasteiger partial charge < -0.3 is 19.9 Å². The average Bonchev–Trinajstić information content (AvgIpc) is 3.47. The predicted molar refractivity (Wildman–Crippen MR) is 124 cm³/mol. The van der Waals surface area contributed by atoms with E-state index in [1.807, 2.05) is 28.9 Å². The summed E-state index contributed by atoms with van der Waals surface area (Å²) in [5.41, 5.74) is 2.28. The van der Waals surface area contributed by atoms with Crippen molar-refractivity contribution in [2.24, 2.45) is 0 Å². The van der Waals surface area contributed by atoms with Crippen molar-refractivity contribution in [1.82, 2.24) is 19.7 Å². The van der Waals surface area contributed by atoms with Gasteiger partial charge in [-0.3, -0.25) is 4.79 Å². The minimum Gasteiger partial charge on any atom is -0.482 e. The fourth-order valence-corrected chi connectivity index (χ4v) is 4.37. The van der Waals surface area contributed by atoms with E-state index in [9.17, 15) is 9.59 Å². The second-order valence-electron chi connectivity index (χ2n) is 8.11. The lowest BCUT2D eigenvalue weighted by atomic mass is 10.2. The molecule has 1 unspecified atom stereocenters. The first-order valence-corrected chi connectivity index (χ1v) is 11.1. The van der Waals surface area contributed by atoms with Crippen molar-refractivity contribution in [2.45, 2.75) is 25.4 Å². The van der Waals surface area contributed by atoms with Crippen LogP contribution >= 0.6 is 11.6 Å². The van der Waals surface area contributed by atoms with Crippen LogP contribution in [-0.4, -0.2) is 51.8 Å². The van der Waals surface area contributed by atoms with Gasteiger partial charge in [-0.2, -0.15) is 5.10 Å². The van der Waals surface area contributed by atoms with Crippen molar-refractivity contribution in [1.29, 1.82) is 0 Å². The summed E-state index contributed by atoms with van der Waals surface area (Å²) in [4.78, 5) is 32.9. The van der Waals surface area contributed by atoms with Gasteiger partial charge >= 0.3 is 6.03 Å². The van der Waals surface area contributed by atoms with Crippen molar-refractivity contribution >= 4 is 34.9 Å². The number of carbonyl (C=O) groups excluding carboxylic acids is 2. The number of benzene rings is 2. The number of halogens is 1. The van der Waals surface area contributed by atoms with Crippen LogP contribution < -0.4 is 15.0 Å². The summed E-state index contributed by atoms with van der Waals surface area (Å²) < 4.78 is 7.29. The number of anilines is 2. The van der Waals surface area contributed by atoms with Crippen LogP contribution in [0.3, 0.4) is 0 Å². The second-order valence-corrected chi connectivity index (χ2v) is 8.54. The van der Waals surface area contributed by atoms with Gasteiger partial charge in [0.05, 0.1) is 18.3 Å². The number of urea groups is 1. The molecule has 0 radical (unpaired) electrons. The third-order valence-corrected chi connectivity index (χ3v) is 6.25. The van der Waals surface area contributed by atoms with Crippen molar-refractivity contribution in [2.75, 3.05) is 30.4 Å². The molecule has 10 heteroatoms. The van der Waals surface area contributed by atoms with Crippen LogP contribution in [0.4, 0.5) is 16.2 Å². The van der Waals surface area contributed by atoms with Gasteiger partial charge in [-0.1, -0.05) is 23.7 Å². The van der Waals surface area contributed by atoms with Gasteiger partial charge in [0.15, 0.2) is 6.61 Å². The Hall–Kier alpha value is -3.59. The van der Waals surface area contributed by atoms with E-state index in [2.05, 4.69) is 15.4 Å². The third-order valence-electron chi connectivity index (χ3n) is 6.00. The fraction of sp³-hybridized carbons (Fsp3) is 0.304. The first-order chi connectivity index (χ1) is 16.0. The molecular weight excluding hydrogens is 444 g/mol. The highest BCUT2D eigenvalue weighted by molar-refractivity contribution is 6.30. The van der Waals surface area contributed by atoms with Crippen LogP contribution in [0.15, 0.2) is 48.8 Å². The lowest BCUT2D eigenvalue weighted by Crippen LogP contribution is -2.36. The highest BCUT2D eigenvalue weighted by atomic mass is 35.5. The molecule has 1 atom stereocenters. The number of hydrogen-bond acceptors (Lipinski definition) is 5. The Kier molecular flexibility index (Phi) is 5.63. The van der Waals surface area contributed by atoms with Crippen molar-refractivity contribution < 1.29 is 14.3 Å². The molecule has 3 aromatic rings. The molecule has 0 spiro atoms. The number of hydrogen-bond donors (Lipinski definition) is 1. The van der Waals surface area contributed by atoms with Crippen LogP contribution in [0.2, 0.25) is 5.02 Å². The summed E-state index contributed by atoms with van der Waals surface area (Å²) in [6, 6.07) is 12.5. The number of fused-ring (bicyclic) bond motifs is 1. The molecule has 170 valence electrons. The van der Waals surface area contributed by atoms with Crippen LogP contribution in [0.5, 0.6) is 5.75 Å². The smallest absolute Gasteiger partial charge is 0.322 e.